The number of nitrogens with zero attached hydrogens (tertiary/aromatic N) is 2. The topological polar surface area (TPSA) is 50.9 Å². The Morgan fingerprint density at radius 3 is 2.80 bits per heavy atom. The summed E-state index contributed by atoms with van der Waals surface area (Å²) in [6, 6.07) is 1.01. The third kappa shape index (κ3) is 2.25. The summed E-state index contributed by atoms with van der Waals surface area (Å²) in [6.07, 6.45) is 3.38. The number of ether oxygens (including phenoxy) is 1. The van der Waals surface area contributed by atoms with Crippen molar-refractivity contribution in [1.29, 1.82) is 0 Å². The summed E-state index contributed by atoms with van der Waals surface area (Å²) in [6.45, 7) is 7.47. The largest absolute Gasteiger partial charge is 0.463 e. The second-order valence-corrected chi connectivity index (χ2v) is 4.95. The van der Waals surface area contributed by atoms with Crippen LogP contribution in [0.3, 0.4) is 0 Å². The number of hydrogen-bond acceptors (Lipinski definition) is 4. The maximum absolute atomic E-state index is 5.60. The third-order valence-electron chi connectivity index (χ3n) is 3.52. The zero-order valence-corrected chi connectivity index (χ0v) is 9.70. The second-order valence-electron chi connectivity index (χ2n) is 4.95. The Kier molecular flexibility index (Phi) is 2.87. The highest BCUT2D eigenvalue weighted by molar-refractivity contribution is 5.73. The van der Waals surface area contributed by atoms with Crippen molar-refractivity contribution in [2.45, 2.75) is 44.7 Å². The van der Waals surface area contributed by atoms with Crippen LogP contribution in [0.15, 0.2) is 4.99 Å². The summed E-state index contributed by atoms with van der Waals surface area (Å²) < 4.78 is 5.31. The van der Waals surface area contributed by atoms with Gasteiger partial charge in [-0.2, -0.15) is 0 Å². The number of hydrogen-bond donors (Lipinski definition) is 1. The lowest BCUT2D eigenvalue weighted by atomic mass is 9.93. The van der Waals surface area contributed by atoms with Crippen molar-refractivity contribution in [3.8, 4) is 0 Å². The van der Waals surface area contributed by atoms with Gasteiger partial charge in [-0.25, -0.2) is 4.99 Å². The first-order valence-electron chi connectivity index (χ1n) is 5.83. The van der Waals surface area contributed by atoms with Gasteiger partial charge in [0.2, 0.25) is 0 Å². The van der Waals surface area contributed by atoms with Gasteiger partial charge in [-0.05, 0) is 39.7 Å². The van der Waals surface area contributed by atoms with Gasteiger partial charge in [0.15, 0.2) is 0 Å². The van der Waals surface area contributed by atoms with Gasteiger partial charge in [0, 0.05) is 12.6 Å². The van der Waals surface area contributed by atoms with E-state index in [0.717, 1.165) is 19.4 Å². The fraction of sp³-hybridized carbons (Fsp3) is 0.909. The second kappa shape index (κ2) is 4.00. The maximum Gasteiger partial charge on any atom is 0.282 e. The van der Waals surface area contributed by atoms with Gasteiger partial charge < -0.3 is 15.4 Å². The first kappa shape index (κ1) is 10.7. The average Bonchev–Trinajstić information content (AvgIpc) is 2.43. The van der Waals surface area contributed by atoms with E-state index >= 15 is 0 Å². The normalized spacial score (nSPS) is 32.9. The SMILES string of the molecule is CC(C)N1CCCC2(CC1)COC(N)=N2. The first-order chi connectivity index (χ1) is 7.11. The van der Waals surface area contributed by atoms with Gasteiger partial charge in [0.25, 0.3) is 6.02 Å². The summed E-state index contributed by atoms with van der Waals surface area (Å²) in [5.74, 6) is 0. The van der Waals surface area contributed by atoms with Gasteiger partial charge in [0.05, 0.1) is 0 Å². The number of amidine groups is 1. The van der Waals surface area contributed by atoms with Crippen LogP contribution >= 0.6 is 0 Å². The minimum atomic E-state index is -0.00623. The predicted octanol–water partition coefficient (Wildman–Crippen LogP) is 0.964. The van der Waals surface area contributed by atoms with E-state index in [-0.39, 0.29) is 5.54 Å². The Hall–Kier alpha value is -0.770. The molecule has 2 heterocycles. The zero-order chi connectivity index (χ0) is 10.9. The van der Waals surface area contributed by atoms with Crippen LogP contribution in [-0.4, -0.2) is 42.2 Å². The zero-order valence-electron chi connectivity index (χ0n) is 9.70. The van der Waals surface area contributed by atoms with Crippen molar-refractivity contribution in [3.05, 3.63) is 0 Å². The molecule has 1 unspecified atom stereocenters. The minimum absolute atomic E-state index is 0.00623. The minimum Gasteiger partial charge on any atom is -0.463 e. The van der Waals surface area contributed by atoms with Gasteiger partial charge in [-0.3, -0.25) is 0 Å². The van der Waals surface area contributed by atoms with E-state index in [2.05, 4.69) is 23.7 Å². The van der Waals surface area contributed by atoms with Gasteiger partial charge in [-0.1, -0.05) is 0 Å². The number of nitrogens with two attached hydrogens (primary N) is 1. The first-order valence-corrected chi connectivity index (χ1v) is 5.83. The number of aliphatic imine (C=N–C) groups is 1. The molecule has 1 atom stereocenters. The Bertz CT molecular complexity index is 265. The molecule has 0 aliphatic carbocycles. The van der Waals surface area contributed by atoms with Crippen LogP contribution in [0.5, 0.6) is 0 Å². The molecule has 0 aromatic rings. The van der Waals surface area contributed by atoms with Crippen molar-refractivity contribution in [1.82, 2.24) is 4.90 Å². The van der Waals surface area contributed by atoms with E-state index < -0.39 is 0 Å². The molecule has 15 heavy (non-hydrogen) atoms. The predicted molar refractivity (Wildman–Crippen MR) is 60.9 cm³/mol. The Morgan fingerprint density at radius 2 is 2.20 bits per heavy atom. The van der Waals surface area contributed by atoms with Crippen LogP contribution in [0, 0.1) is 0 Å². The van der Waals surface area contributed by atoms with Crippen LogP contribution in [-0.2, 0) is 4.74 Å². The Balaban J connectivity index is 2.01. The molecular weight excluding hydrogens is 190 g/mol. The summed E-state index contributed by atoms with van der Waals surface area (Å²) in [5.41, 5.74) is 5.59. The molecule has 86 valence electrons. The summed E-state index contributed by atoms with van der Waals surface area (Å²) >= 11 is 0. The van der Waals surface area contributed by atoms with Crippen LogP contribution < -0.4 is 5.73 Å². The van der Waals surface area contributed by atoms with Gasteiger partial charge >= 0.3 is 0 Å². The molecule has 4 nitrogen and oxygen atoms in total. The summed E-state index contributed by atoms with van der Waals surface area (Å²) in [5, 5.41) is 0. The molecule has 2 N–H and O–H groups in total. The number of likely N-dealkylation sites (tertiary alicyclic amines) is 1. The number of rotatable bonds is 1. The molecule has 0 aromatic carbocycles. The molecule has 1 saturated heterocycles. The van der Waals surface area contributed by atoms with Crippen LogP contribution in [0.1, 0.15) is 33.1 Å². The van der Waals surface area contributed by atoms with Crippen molar-refractivity contribution in [2.24, 2.45) is 10.7 Å². The van der Waals surface area contributed by atoms with E-state index in [1.54, 1.807) is 0 Å². The van der Waals surface area contributed by atoms with Gasteiger partial charge in [-0.15, -0.1) is 0 Å². The molecular formula is C11H21N3O. The monoisotopic (exact) mass is 211 g/mol. The highest BCUT2D eigenvalue weighted by atomic mass is 16.5. The average molecular weight is 211 g/mol. The van der Waals surface area contributed by atoms with Crippen molar-refractivity contribution >= 4 is 6.02 Å². The standard InChI is InChI=1S/C11H21N3O/c1-9(2)14-6-3-4-11(5-7-14)8-15-10(12)13-11/h9H,3-8H2,1-2H3,(H2,12,13). The van der Waals surface area contributed by atoms with E-state index in [1.807, 2.05) is 0 Å². The molecule has 4 heteroatoms. The molecule has 0 aromatic heterocycles. The lowest BCUT2D eigenvalue weighted by Gasteiger charge is -2.25. The van der Waals surface area contributed by atoms with E-state index in [4.69, 9.17) is 10.5 Å². The molecule has 1 spiro atoms. The molecule has 2 rings (SSSR count). The molecule has 0 amide bonds. The van der Waals surface area contributed by atoms with Crippen molar-refractivity contribution in [2.75, 3.05) is 19.7 Å². The molecule has 0 bridgehead atoms. The quantitative estimate of drug-likeness (QED) is 0.703. The fourth-order valence-corrected chi connectivity index (χ4v) is 2.48. The highest BCUT2D eigenvalue weighted by Crippen LogP contribution is 2.30. The summed E-state index contributed by atoms with van der Waals surface area (Å²) in [4.78, 5) is 6.99. The van der Waals surface area contributed by atoms with E-state index in [9.17, 15) is 0 Å². The lowest BCUT2D eigenvalue weighted by molar-refractivity contribution is 0.209. The van der Waals surface area contributed by atoms with Gasteiger partial charge in [0.1, 0.15) is 12.1 Å². The molecule has 0 radical (unpaired) electrons. The van der Waals surface area contributed by atoms with E-state index in [1.165, 1.54) is 13.0 Å². The van der Waals surface area contributed by atoms with Crippen molar-refractivity contribution < 1.29 is 4.74 Å². The third-order valence-corrected chi connectivity index (χ3v) is 3.52. The molecule has 0 saturated carbocycles. The van der Waals surface area contributed by atoms with Crippen LogP contribution in [0.2, 0.25) is 0 Å². The molecule has 2 aliphatic rings. The molecule has 2 aliphatic heterocycles. The lowest BCUT2D eigenvalue weighted by Crippen LogP contribution is -2.34. The smallest absolute Gasteiger partial charge is 0.282 e. The highest BCUT2D eigenvalue weighted by Gasteiger charge is 2.37. The Labute approximate surface area is 91.5 Å². The summed E-state index contributed by atoms with van der Waals surface area (Å²) in [7, 11) is 0. The maximum atomic E-state index is 5.60. The van der Waals surface area contributed by atoms with Crippen molar-refractivity contribution in [3.63, 3.8) is 0 Å². The molecule has 1 fully saturated rings. The van der Waals surface area contributed by atoms with Crippen LogP contribution in [0.25, 0.3) is 0 Å². The van der Waals surface area contributed by atoms with E-state index in [0.29, 0.717) is 18.7 Å². The fourth-order valence-electron chi connectivity index (χ4n) is 2.48. The Morgan fingerprint density at radius 1 is 1.40 bits per heavy atom. The van der Waals surface area contributed by atoms with Crippen LogP contribution in [0.4, 0.5) is 0 Å².